The van der Waals surface area contributed by atoms with E-state index in [9.17, 15) is 12.8 Å². The molecule has 1 aromatic heterocycles. The van der Waals surface area contributed by atoms with Gasteiger partial charge >= 0.3 is 0 Å². The molecular formula is C27H23ClFN3O5S. The number of hydrogen-bond acceptors (Lipinski definition) is 8. The normalized spacial score (nSPS) is 15.5. The zero-order chi connectivity index (χ0) is 26.3. The van der Waals surface area contributed by atoms with Gasteiger partial charge in [0.15, 0.2) is 11.5 Å². The average Bonchev–Trinajstić information content (AvgIpc) is 3.40. The van der Waals surface area contributed by atoms with Gasteiger partial charge < -0.3 is 23.7 Å². The van der Waals surface area contributed by atoms with Gasteiger partial charge in [-0.3, -0.25) is 0 Å². The van der Waals surface area contributed by atoms with E-state index in [0.29, 0.717) is 61.5 Å². The Balaban J connectivity index is 1.36. The van der Waals surface area contributed by atoms with Crippen molar-refractivity contribution in [2.75, 3.05) is 49.2 Å². The zero-order valence-corrected chi connectivity index (χ0v) is 21.7. The van der Waals surface area contributed by atoms with Crippen LogP contribution in [0.2, 0.25) is 5.02 Å². The minimum atomic E-state index is -4.11. The van der Waals surface area contributed by atoms with Crippen molar-refractivity contribution in [3.63, 3.8) is 0 Å². The first-order valence-electron chi connectivity index (χ1n) is 12.1. The maximum absolute atomic E-state index is 13.9. The second kappa shape index (κ2) is 9.85. The lowest BCUT2D eigenvalue weighted by Gasteiger charge is -2.36. The largest absolute Gasteiger partial charge is 0.486 e. The summed E-state index contributed by atoms with van der Waals surface area (Å²) in [4.78, 5) is 8.47. The number of anilines is 2. The van der Waals surface area contributed by atoms with Gasteiger partial charge in [0.25, 0.3) is 0 Å². The van der Waals surface area contributed by atoms with E-state index in [1.165, 1.54) is 36.4 Å². The summed E-state index contributed by atoms with van der Waals surface area (Å²) in [5.74, 6) is 0.663. The molecule has 0 saturated carbocycles. The second-order valence-corrected chi connectivity index (χ2v) is 11.2. The molecule has 2 aliphatic heterocycles. The van der Waals surface area contributed by atoms with Crippen LogP contribution in [0, 0.1) is 5.82 Å². The molecule has 0 atom stereocenters. The van der Waals surface area contributed by atoms with Gasteiger partial charge in [-0.1, -0.05) is 17.7 Å². The predicted molar refractivity (Wildman–Crippen MR) is 141 cm³/mol. The highest BCUT2D eigenvalue weighted by atomic mass is 35.5. The first kappa shape index (κ1) is 24.6. The monoisotopic (exact) mass is 555 g/mol. The van der Waals surface area contributed by atoms with Crippen molar-refractivity contribution >= 4 is 33.0 Å². The van der Waals surface area contributed by atoms with E-state index in [2.05, 4.69) is 9.88 Å². The van der Waals surface area contributed by atoms with E-state index >= 15 is 0 Å². The number of rotatable bonds is 5. The minimum Gasteiger partial charge on any atom is -0.486 e. The van der Waals surface area contributed by atoms with E-state index in [4.69, 9.17) is 25.5 Å². The standard InChI is InChI=1S/C27H23ClFN3O5S/c28-19-2-1-3-21(16-19)31-10-12-32(13-11-31)27-26(30-25(37-27)18-4-6-20(29)7-5-18)38(33,34)22-8-9-23-24(17-22)36-15-14-35-23/h1-9,16-17H,10-15H2. The fraction of sp³-hybridized carbons (Fsp3) is 0.222. The molecule has 196 valence electrons. The number of sulfone groups is 1. The van der Waals surface area contributed by atoms with Crippen LogP contribution < -0.4 is 19.3 Å². The van der Waals surface area contributed by atoms with Crippen molar-refractivity contribution in [3.05, 3.63) is 77.6 Å². The molecule has 1 saturated heterocycles. The first-order valence-corrected chi connectivity index (χ1v) is 13.9. The van der Waals surface area contributed by atoms with Crippen LogP contribution in [-0.4, -0.2) is 52.8 Å². The topological polar surface area (TPSA) is 85.1 Å². The van der Waals surface area contributed by atoms with Crippen LogP contribution >= 0.6 is 11.6 Å². The Bertz CT molecular complexity index is 1580. The maximum Gasteiger partial charge on any atom is 0.236 e. The molecule has 0 unspecified atom stereocenters. The third kappa shape index (κ3) is 4.65. The summed E-state index contributed by atoms with van der Waals surface area (Å²) in [5, 5.41) is 0.446. The smallest absolute Gasteiger partial charge is 0.236 e. The maximum atomic E-state index is 13.9. The number of nitrogens with zero attached hydrogens (tertiary/aromatic N) is 3. The number of benzene rings is 3. The lowest BCUT2D eigenvalue weighted by Crippen LogP contribution is -2.46. The Kier molecular flexibility index (Phi) is 6.37. The van der Waals surface area contributed by atoms with Gasteiger partial charge in [0, 0.05) is 48.5 Å². The second-order valence-electron chi connectivity index (χ2n) is 8.90. The molecule has 8 nitrogen and oxygen atoms in total. The van der Waals surface area contributed by atoms with Gasteiger partial charge in [-0.2, -0.15) is 4.98 Å². The number of oxazole rings is 1. The van der Waals surface area contributed by atoms with Gasteiger partial charge in [0.1, 0.15) is 19.0 Å². The van der Waals surface area contributed by atoms with Crippen molar-refractivity contribution in [2.24, 2.45) is 0 Å². The molecule has 38 heavy (non-hydrogen) atoms. The third-order valence-electron chi connectivity index (χ3n) is 6.49. The number of aromatic nitrogens is 1. The molecule has 4 aromatic rings. The summed E-state index contributed by atoms with van der Waals surface area (Å²) in [6.45, 7) is 2.96. The SMILES string of the molecule is O=S(=O)(c1ccc2c(c1)OCCO2)c1nc(-c2ccc(F)cc2)oc1N1CCN(c2cccc(Cl)c2)CC1. The summed E-state index contributed by atoms with van der Waals surface area (Å²) in [5.41, 5.74) is 1.46. The van der Waals surface area contributed by atoms with E-state index in [1.54, 1.807) is 6.07 Å². The molecule has 0 radical (unpaired) electrons. The van der Waals surface area contributed by atoms with E-state index < -0.39 is 15.7 Å². The number of hydrogen-bond donors (Lipinski definition) is 0. The third-order valence-corrected chi connectivity index (χ3v) is 8.37. The summed E-state index contributed by atoms with van der Waals surface area (Å²) in [6.07, 6.45) is 0. The zero-order valence-electron chi connectivity index (χ0n) is 20.1. The summed E-state index contributed by atoms with van der Waals surface area (Å²) >= 11 is 6.17. The Hall–Kier alpha value is -3.76. The quantitative estimate of drug-likeness (QED) is 0.338. The molecule has 3 aromatic carbocycles. The fourth-order valence-corrected chi connectivity index (χ4v) is 6.05. The molecule has 2 aliphatic rings. The highest BCUT2D eigenvalue weighted by molar-refractivity contribution is 7.91. The van der Waals surface area contributed by atoms with Crippen molar-refractivity contribution in [1.29, 1.82) is 0 Å². The summed E-state index contributed by atoms with van der Waals surface area (Å²) in [6, 6.07) is 17.6. The summed E-state index contributed by atoms with van der Waals surface area (Å²) < 4.78 is 58.5. The molecule has 0 aliphatic carbocycles. The van der Waals surface area contributed by atoms with Crippen molar-refractivity contribution in [1.82, 2.24) is 4.98 Å². The average molecular weight is 556 g/mol. The summed E-state index contributed by atoms with van der Waals surface area (Å²) in [7, 11) is -4.11. The fourth-order valence-electron chi connectivity index (χ4n) is 4.53. The molecule has 1 fully saturated rings. The van der Waals surface area contributed by atoms with Crippen LogP contribution in [0.25, 0.3) is 11.5 Å². The van der Waals surface area contributed by atoms with Gasteiger partial charge in [0.2, 0.25) is 26.6 Å². The van der Waals surface area contributed by atoms with Crippen molar-refractivity contribution in [3.8, 4) is 23.0 Å². The van der Waals surface area contributed by atoms with E-state index in [0.717, 1.165) is 5.69 Å². The molecule has 6 rings (SSSR count). The number of fused-ring (bicyclic) bond motifs is 1. The molecule has 3 heterocycles. The molecule has 0 spiro atoms. The first-order chi connectivity index (χ1) is 18.4. The lowest BCUT2D eigenvalue weighted by atomic mass is 10.2. The molecule has 11 heteroatoms. The number of halogens is 2. The highest BCUT2D eigenvalue weighted by Crippen LogP contribution is 2.38. The van der Waals surface area contributed by atoms with Crippen LogP contribution in [0.1, 0.15) is 0 Å². The molecule has 0 N–H and O–H groups in total. The number of ether oxygens (including phenoxy) is 2. The van der Waals surface area contributed by atoms with Crippen LogP contribution in [0.4, 0.5) is 16.0 Å². The van der Waals surface area contributed by atoms with Crippen molar-refractivity contribution < 1.29 is 26.7 Å². The van der Waals surface area contributed by atoms with Gasteiger partial charge in [-0.25, -0.2) is 12.8 Å². The molecular weight excluding hydrogens is 533 g/mol. The van der Waals surface area contributed by atoms with Crippen LogP contribution in [0.3, 0.4) is 0 Å². The Morgan fingerprint density at radius 2 is 1.55 bits per heavy atom. The predicted octanol–water partition coefficient (Wildman–Crippen LogP) is 5.06. The minimum absolute atomic E-state index is 0.0134. The molecule has 0 bridgehead atoms. The van der Waals surface area contributed by atoms with Gasteiger partial charge in [-0.05, 0) is 54.6 Å². The van der Waals surface area contributed by atoms with E-state index in [1.807, 2.05) is 29.2 Å². The van der Waals surface area contributed by atoms with Crippen LogP contribution in [0.5, 0.6) is 11.5 Å². The van der Waals surface area contributed by atoms with Crippen LogP contribution in [0.15, 0.2) is 81.1 Å². The number of piperazine rings is 1. The van der Waals surface area contributed by atoms with Gasteiger partial charge in [-0.15, -0.1) is 0 Å². The highest BCUT2D eigenvalue weighted by Gasteiger charge is 2.34. The van der Waals surface area contributed by atoms with Crippen LogP contribution in [-0.2, 0) is 9.84 Å². The van der Waals surface area contributed by atoms with Crippen molar-refractivity contribution in [2.45, 2.75) is 9.92 Å². The Morgan fingerprint density at radius 1 is 0.842 bits per heavy atom. The van der Waals surface area contributed by atoms with E-state index in [-0.39, 0.29) is 21.7 Å². The Morgan fingerprint density at radius 3 is 2.29 bits per heavy atom. The van der Waals surface area contributed by atoms with Gasteiger partial charge in [0.05, 0.1) is 4.90 Å². The lowest BCUT2D eigenvalue weighted by molar-refractivity contribution is 0.171. The molecule has 0 amide bonds. The Labute approximate surface area is 224 Å².